The molecule has 4 N–H and O–H groups in total. The molecule has 1 fully saturated rings. The standard InChI is InChI=1S/C6H13NO5S.H2O/c8-6(13(9,10)11)5-7-1-3-12-4-2-7;/h6,8H,1-5H2,(H,9,10,11);1H2. The molecule has 0 saturated carbocycles. The van der Waals surface area contributed by atoms with Crippen molar-refractivity contribution in [3.05, 3.63) is 0 Å². The molecule has 14 heavy (non-hydrogen) atoms. The number of rotatable bonds is 3. The van der Waals surface area contributed by atoms with Crippen LogP contribution < -0.4 is 0 Å². The molecule has 1 aliphatic heterocycles. The molecule has 7 nitrogen and oxygen atoms in total. The van der Waals surface area contributed by atoms with Crippen LogP contribution in [0.15, 0.2) is 0 Å². The number of aliphatic hydroxyl groups is 1. The van der Waals surface area contributed by atoms with Crippen molar-refractivity contribution in [1.82, 2.24) is 4.90 Å². The van der Waals surface area contributed by atoms with E-state index in [9.17, 15) is 8.42 Å². The second-order valence-corrected chi connectivity index (χ2v) is 4.46. The summed E-state index contributed by atoms with van der Waals surface area (Å²) < 4.78 is 34.4. The number of aliphatic hydroxyl groups excluding tert-OH is 1. The number of morpholine rings is 1. The van der Waals surface area contributed by atoms with Crippen molar-refractivity contribution in [3.63, 3.8) is 0 Å². The van der Waals surface area contributed by atoms with Gasteiger partial charge in [-0.05, 0) is 0 Å². The largest absolute Gasteiger partial charge is 0.412 e. The number of hydrogen-bond donors (Lipinski definition) is 2. The van der Waals surface area contributed by atoms with E-state index in [1.807, 2.05) is 0 Å². The van der Waals surface area contributed by atoms with Gasteiger partial charge in [0.05, 0.1) is 13.2 Å². The molecule has 1 atom stereocenters. The Morgan fingerprint density at radius 2 is 1.86 bits per heavy atom. The molecule has 1 saturated heterocycles. The van der Waals surface area contributed by atoms with Gasteiger partial charge in [0.2, 0.25) is 0 Å². The number of hydrogen-bond acceptors (Lipinski definition) is 5. The fourth-order valence-electron chi connectivity index (χ4n) is 1.10. The Balaban J connectivity index is 0.00000169. The van der Waals surface area contributed by atoms with Crippen molar-refractivity contribution in [1.29, 1.82) is 0 Å². The van der Waals surface area contributed by atoms with Crippen LogP contribution in [0.2, 0.25) is 0 Å². The summed E-state index contributed by atoms with van der Waals surface area (Å²) in [4.78, 5) is 1.72. The Bertz CT molecular complexity index is 247. The third kappa shape index (κ3) is 4.31. The smallest absolute Gasteiger partial charge is 0.293 e. The first-order valence-corrected chi connectivity index (χ1v) is 5.45. The van der Waals surface area contributed by atoms with Crippen LogP contribution in [0.25, 0.3) is 0 Å². The molecule has 1 rings (SSSR count). The van der Waals surface area contributed by atoms with Gasteiger partial charge in [-0.25, -0.2) is 0 Å². The summed E-state index contributed by atoms with van der Waals surface area (Å²) in [6, 6.07) is 0. The molecule has 0 aromatic heterocycles. The summed E-state index contributed by atoms with van der Waals surface area (Å²) in [5.74, 6) is 0. The Hall–Kier alpha value is -0.250. The van der Waals surface area contributed by atoms with E-state index in [1.165, 1.54) is 0 Å². The van der Waals surface area contributed by atoms with Crippen LogP contribution in [0.1, 0.15) is 0 Å². The van der Waals surface area contributed by atoms with Gasteiger partial charge in [0.15, 0.2) is 5.44 Å². The zero-order chi connectivity index (χ0) is 9.90. The van der Waals surface area contributed by atoms with E-state index in [0.29, 0.717) is 26.3 Å². The van der Waals surface area contributed by atoms with Crippen LogP contribution in [-0.2, 0) is 14.9 Å². The second kappa shape index (κ2) is 5.59. The molecule has 0 spiro atoms. The Labute approximate surface area is 82.3 Å². The van der Waals surface area contributed by atoms with Crippen LogP contribution >= 0.6 is 0 Å². The van der Waals surface area contributed by atoms with Crippen LogP contribution in [0, 0.1) is 0 Å². The highest BCUT2D eigenvalue weighted by molar-refractivity contribution is 7.86. The molecule has 1 unspecified atom stereocenters. The molecule has 0 aliphatic carbocycles. The van der Waals surface area contributed by atoms with Crippen LogP contribution in [-0.4, -0.2) is 66.7 Å². The maximum atomic E-state index is 10.5. The van der Waals surface area contributed by atoms with Gasteiger partial charge < -0.3 is 15.3 Å². The molecule has 0 aromatic rings. The minimum absolute atomic E-state index is 0. The molecule has 0 radical (unpaired) electrons. The number of nitrogens with zero attached hydrogens (tertiary/aromatic N) is 1. The normalized spacial score (nSPS) is 21.3. The van der Waals surface area contributed by atoms with Crippen molar-refractivity contribution >= 4 is 10.1 Å². The van der Waals surface area contributed by atoms with Crippen LogP contribution in [0.3, 0.4) is 0 Å². The lowest BCUT2D eigenvalue weighted by molar-refractivity contribution is 0.0251. The van der Waals surface area contributed by atoms with Crippen molar-refractivity contribution in [2.24, 2.45) is 0 Å². The summed E-state index contributed by atoms with van der Waals surface area (Å²) in [6.45, 7) is 2.14. The van der Waals surface area contributed by atoms with Crippen molar-refractivity contribution < 1.29 is 28.3 Å². The van der Waals surface area contributed by atoms with Gasteiger partial charge >= 0.3 is 0 Å². The summed E-state index contributed by atoms with van der Waals surface area (Å²) in [6.07, 6.45) is 0. The Kier molecular flexibility index (Phi) is 5.49. The van der Waals surface area contributed by atoms with Gasteiger partial charge in [-0.3, -0.25) is 9.45 Å². The van der Waals surface area contributed by atoms with Crippen LogP contribution in [0.5, 0.6) is 0 Å². The summed E-state index contributed by atoms with van der Waals surface area (Å²) in [5.41, 5.74) is -1.72. The van der Waals surface area contributed by atoms with Crippen molar-refractivity contribution in [2.75, 3.05) is 32.8 Å². The first-order chi connectivity index (χ1) is 6.00. The van der Waals surface area contributed by atoms with E-state index in [-0.39, 0.29) is 12.0 Å². The third-order valence-corrected chi connectivity index (χ3v) is 2.70. The zero-order valence-electron chi connectivity index (χ0n) is 7.59. The fourth-order valence-corrected chi connectivity index (χ4v) is 1.50. The minimum atomic E-state index is -4.33. The predicted octanol–water partition coefficient (Wildman–Crippen LogP) is -2.30. The van der Waals surface area contributed by atoms with Gasteiger partial charge in [0, 0.05) is 19.6 Å². The number of β-amino-alcohol motifs (C(OH)–C–C–N with tert-alkyl or cyclic N) is 1. The predicted molar refractivity (Wildman–Crippen MR) is 48.4 cm³/mol. The molecule has 8 heteroatoms. The lowest BCUT2D eigenvalue weighted by atomic mass is 10.4. The molecule has 0 amide bonds. The van der Waals surface area contributed by atoms with E-state index in [2.05, 4.69) is 0 Å². The number of ether oxygens (including phenoxy) is 1. The van der Waals surface area contributed by atoms with Gasteiger partial charge in [0.1, 0.15) is 0 Å². The van der Waals surface area contributed by atoms with Crippen molar-refractivity contribution in [3.8, 4) is 0 Å². The molecule has 1 aliphatic rings. The molecular formula is C6H15NO6S. The summed E-state index contributed by atoms with van der Waals surface area (Å²) >= 11 is 0. The first kappa shape index (κ1) is 13.8. The van der Waals surface area contributed by atoms with E-state index in [4.69, 9.17) is 14.4 Å². The molecular weight excluding hydrogens is 214 g/mol. The highest BCUT2D eigenvalue weighted by Crippen LogP contribution is 2.01. The Morgan fingerprint density at radius 1 is 1.36 bits per heavy atom. The minimum Gasteiger partial charge on any atom is -0.412 e. The molecule has 86 valence electrons. The van der Waals surface area contributed by atoms with Gasteiger partial charge in [-0.1, -0.05) is 0 Å². The fraction of sp³-hybridized carbons (Fsp3) is 1.00. The molecule has 1 heterocycles. The monoisotopic (exact) mass is 229 g/mol. The lowest BCUT2D eigenvalue weighted by Gasteiger charge is -2.27. The average molecular weight is 229 g/mol. The summed E-state index contributed by atoms with van der Waals surface area (Å²) in [5, 5.41) is 9.02. The average Bonchev–Trinajstić information content (AvgIpc) is 2.04. The zero-order valence-corrected chi connectivity index (χ0v) is 8.40. The SMILES string of the molecule is O.O=S(=O)(O)C(O)CN1CCOCC1. The summed E-state index contributed by atoms with van der Waals surface area (Å²) in [7, 11) is -4.33. The first-order valence-electron chi connectivity index (χ1n) is 3.94. The van der Waals surface area contributed by atoms with Gasteiger partial charge in [0.25, 0.3) is 10.1 Å². The van der Waals surface area contributed by atoms with Gasteiger partial charge in [-0.15, -0.1) is 0 Å². The third-order valence-electron chi connectivity index (χ3n) is 1.86. The maximum absolute atomic E-state index is 10.5. The molecule has 0 aromatic carbocycles. The topological polar surface area (TPSA) is 119 Å². The van der Waals surface area contributed by atoms with Gasteiger partial charge in [-0.2, -0.15) is 8.42 Å². The highest BCUT2D eigenvalue weighted by Gasteiger charge is 2.23. The van der Waals surface area contributed by atoms with Crippen molar-refractivity contribution in [2.45, 2.75) is 5.44 Å². The quantitative estimate of drug-likeness (QED) is 0.525. The van der Waals surface area contributed by atoms with E-state index in [1.54, 1.807) is 4.90 Å². The Morgan fingerprint density at radius 3 is 2.29 bits per heavy atom. The van der Waals surface area contributed by atoms with Crippen LogP contribution in [0.4, 0.5) is 0 Å². The second-order valence-electron chi connectivity index (χ2n) is 2.88. The highest BCUT2D eigenvalue weighted by atomic mass is 32.2. The lowest BCUT2D eigenvalue weighted by Crippen LogP contribution is -2.43. The van der Waals surface area contributed by atoms with E-state index in [0.717, 1.165) is 0 Å². The van der Waals surface area contributed by atoms with E-state index < -0.39 is 15.6 Å². The maximum Gasteiger partial charge on any atom is 0.293 e. The van der Waals surface area contributed by atoms with E-state index >= 15 is 0 Å². The molecule has 0 bridgehead atoms.